The molecule has 0 spiro atoms. The van der Waals surface area contributed by atoms with Gasteiger partial charge in [-0.2, -0.15) is 10.1 Å². The van der Waals surface area contributed by atoms with Gasteiger partial charge in [-0.25, -0.2) is 0 Å². The molecule has 1 aromatic carbocycles. The van der Waals surface area contributed by atoms with Crippen molar-refractivity contribution in [2.45, 2.75) is 13.1 Å². The Hall–Kier alpha value is -2.73. The van der Waals surface area contributed by atoms with Crippen molar-refractivity contribution < 1.29 is 0 Å². The smallest absolute Gasteiger partial charge is 0.244 e. The van der Waals surface area contributed by atoms with E-state index in [1.54, 1.807) is 18.6 Å². The van der Waals surface area contributed by atoms with Crippen molar-refractivity contribution in [2.24, 2.45) is 0 Å². The van der Waals surface area contributed by atoms with Crippen LogP contribution in [0.2, 0.25) is 5.02 Å². The Morgan fingerprint density at radius 1 is 0.957 bits per heavy atom. The first-order valence-corrected chi connectivity index (χ1v) is 7.49. The van der Waals surface area contributed by atoms with Crippen LogP contribution in [0.25, 0.3) is 0 Å². The number of nitrogens with zero attached hydrogens (tertiary/aromatic N) is 4. The van der Waals surface area contributed by atoms with Crippen LogP contribution in [-0.2, 0) is 13.1 Å². The fourth-order valence-corrected chi connectivity index (χ4v) is 2.18. The number of nitrogens with one attached hydrogen (secondary N) is 2. The van der Waals surface area contributed by atoms with E-state index in [4.69, 9.17) is 11.6 Å². The predicted molar refractivity (Wildman–Crippen MR) is 90.2 cm³/mol. The number of benzene rings is 1. The van der Waals surface area contributed by atoms with Crippen molar-refractivity contribution >= 4 is 23.4 Å². The standard InChI is InChI=1S/C16H15ClN6/c17-14-4-2-1-3-13(14)10-19-15-11-21-23-16(22-15)20-9-12-5-7-18-8-6-12/h1-8,11H,9-10H2,(H2,19,20,22,23). The first-order chi connectivity index (χ1) is 11.3. The fraction of sp³-hybridized carbons (Fsp3) is 0.125. The summed E-state index contributed by atoms with van der Waals surface area (Å²) in [6.45, 7) is 1.18. The van der Waals surface area contributed by atoms with Crippen LogP contribution in [0.1, 0.15) is 11.1 Å². The summed E-state index contributed by atoms with van der Waals surface area (Å²) in [6, 6.07) is 11.5. The molecule has 2 aromatic heterocycles. The molecular weight excluding hydrogens is 312 g/mol. The summed E-state index contributed by atoms with van der Waals surface area (Å²) < 4.78 is 0. The van der Waals surface area contributed by atoms with Crippen LogP contribution in [0, 0.1) is 0 Å². The maximum absolute atomic E-state index is 6.13. The second-order valence-electron chi connectivity index (χ2n) is 4.82. The van der Waals surface area contributed by atoms with E-state index in [2.05, 4.69) is 30.8 Å². The van der Waals surface area contributed by atoms with Crippen molar-refractivity contribution in [3.8, 4) is 0 Å². The highest BCUT2D eigenvalue weighted by atomic mass is 35.5. The van der Waals surface area contributed by atoms with E-state index >= 15 is 0 Å². The summed E-state index contributed by atoms with van der Waals surface area (Å²) in [5.74, 6) is 1.10. The van der Waals surface area contributed by atoms with Gasteiger partial charge < -0.3 is 10.6 Å². The number of aromatic nitrogens is 4. The quantitative estimate of drug-likeness (QED) is 0.724. The van der Waals surface area contributed by atoms with Crippen LogP contribution in [0.15, 0.2) is 55.0 Å². The van der Waals surface area contributed by atoms with Gasteiger partial charge in [-0.3, -0.25) is 4.98 Å². The first kappa shape index (κ1) is 15.2. The SMILES string of the molecule is Clc1ccccc1CNc1cnnc(NCc2ccncc2)n1. The number of hydrogen-bond acceptors (Lipinski definition) is 6. The van der Waals surface area contributed by atoms with E-state index in [9.17, 15) is 0 Å². The summed E-state index contributed by atoms with van der Waals surface area (Å²) in [4.78, 5) is 8.36. The Morgan fingerprint density at radius 2 is 1.78 bits per heavy atom. The van der Waals surface area contributed by atoms with Crippen molar-refractivity contribution in [2.75, 3.05) is 10.6 Å². The third kappa shape index (κ3) is 4.37. The highest BCUT2D eigenvalue weighted by Gasteiger charge is 2.03. The molecule has 2 N–H and O–H groups in total. The molecule has 0 aliphatic carbocycles. The zero-order chi connectivity index (χ0) is 15.9. The van der Waals surface area contributed by atoms with Gasteiger partial charge in [0.25, 0.3) is 0 Å². The summed E-state index contributed by atoms with van der Waals surface area (Å²) in [6.07, 6.45) is 5.07. The van der Waals surface area contributed by atoms with Crippen LogP contribution in [0.3, 0.4) is 0 Å². The van der Waals surface area contributed by atoms with Gasteiger partial charge in [0.05, 0.1) is 6.20 Å². The number of anilines is 2. The average Bonchev–Trinajstić information content (AvgIpc) is 2.61. The van der Waals surface area contributed by atoms with Crippen molar-refractivity contribution in [3.05, 3.63) is 71.1 Å². The van der Waals surface area contributed by atoms with Crippen LogP contribution in [-0.4, -0.2) is 20.2 Å². The topological polar surface area (TPSA) is 75.6 Å². The number of pyridine rings is 1. The van der Waals surface area contributed by atoms with Crippen molar-refractivity contribution in [1.29, 1.82) is 0 Å². The van der Waals surface area contributed by atoms with Gasteiger partial charge in [-0.1, -0.05) is 29.8 Å². The molecule has 0 saturated heterocycles. The Balaban J connectivity index is 1.60. The molecule has 116 valence electrons. The van der Waals surface area contributed by atoms with Crippen LogP contribution < -0.4 is 10.6 Å². The lowest BCUT2D eigenvalue weighted by Crippen LogP contribution is -2.08. The molecule has 0 aliphatic heterocycles. The minimum atomic E-state index is 0.464. The summed E-state index contributed by atoms with van der Waals surface area (Å²) in [7, 11) is 0. The minimum Gasteiger partial charge on any atom is -0.364 e. The van der Waals surface area contributed by atoms with Crippen LogP contribution >= 0.6 is 11.6 Å². The van der Waals surface area contributed by atoms with Gasteiger partial charge in [-0.15, -0.1) is 5.10 Å². The lowest BCUT2D eigenvalue weighted by Gasteiger charge is -2.08. The van der Waals surface area contributed by atoms with E-state index in [-0.39, 0.29) is 0 Å². The fourth-order valence-electron chi connectivity index (χ4n) is 1.97. The molecule has 0 unspecified atom stereocenters. The normalized spacial score (nSPS) is 10.3. The van der Waals surface area contributed by atoms with Gasteiger partial charge in [0, 0.05) is 30.5 Å². The minimum absolute atomic E-state index is 0.464. The maximum atomic E-state index is 6.13. The Kier molecular flexibility index (Phi) is 4.95. The summed E-state index contributed by atoms with van der Waals surface area (Å²) in [5, 5.41) is 15.0. The van der Waals surface area contributed by atoms with Gasteiger partial charge in [0.15, 0.2) is 5.82 Å². The van der Waals surface area contributed by atoms with Crippen molar-refractivity contribution in [3.63, 3.8) is 0 Å². The molecule has 0 atom stereocenters. The second kappa shape index (κ2) is 7.51. The molecule has 6 nitrogen and oxygen atoms in total. The molecule has 0 saturated carbocycles. The van der Waals surface area contributed by atoms with Gasteiger partial charge in [0.2, 0.25) is 5.95 Å². The third-order valence-corrected chi connectivity index (χ3v) is 3.55. The highest BCUT2D eigenvalue weighted by molar-refractivity contribution is 6.31. The predicted octanol–water partition coefficient (Wildman–Crippen LogP) is 3.14. The van der Waals surface area contributed by atoms with E-state index in [1.807, 2.05) is 36.4 Å². The third-order valence-electron chi connectivity index (χ3n) is 3.18. The molecular formula is C16H15ClN6. The molecule has 0 radical (unpaired) electrons. The first-order valence-electron chi connectivity index (χ1n) is 7.11. The van der Waals surface area contributed by atoms with E-state index in [0.717, 1.165) is 16.1 Å². The molecule has 0 bridgehead atoms. The highest BCUT2D eigenvalue weighted by Crippen LogP contribution is 2.16. The summed E-state index contributed by atoms with van der Waals surface area (Å²) >= 11 is 6.13. The number of halogens is 1. The van der Waals surface area contributed by atoms with E-state index < -0.39 is 0 Å². The monoisotopic (exact) mass is 326 g/mol. The lowest BCUT2D eigenvalue weighted by atomic mass is 10.2. The molecule has 3 aromatic rings. The Morgan fingerprint density at radius 3 is 2.61 bits per heavy atom. The molecule has 0 aliphatic rings. The molecule has 2 heterocycles. The molecule has 23 heavy (non-hydrogen) atoms. The zero-order valence-electron chi connectivity index (χ0n) is 12.3. The molecule has 0 fully saturated rings. The van der Waals surface area contributed by atoms with Gasteiger partial charge in [0.1, 0.15) is 0 Å². The van der Waals surface area contributed by atoms with Gasteiger partial charge in [-0.05, 0) is 29.3 Å². The van der Waals surface area contributed by atoms with Crippen molar-refractivity contribution in [1.82, 2.24) is 20.2 Å². The summed E-state index contributed by atoms with van der Waals surface area (Å²) in [5.41, 5.74) is 2.09. The Labute approximate surface area is 139 Å². The molecule has 7 heteroatoms. The maximum Gasteiger partial charge on any atom is 0.244 e. The van der Waals surface area contributed by atoms with Crippen LogP contribution in [0.5, 0.6) is 0 Å². The Bertz CT molecular complexity index is 765. The largest absolute Gasteiger partial charge is 0.364 e. The van der Waals surface area contributed by atoms with E-state index in [0.29, 0.717) is 24.9 Å². The zero-order valence-corrected chi connectivity index (χ0v) is 13.0. The lowest BCUT2D eigenvalue weighted by molar-refractivity contribution is 0.936. The number of rotatable bonds is 6. The second-order valence-corrected chi connectivity index (χ2v) is 5.23. The van der Waals surface area contributed by atoms with Gasteiger partial charge >= 0.3 is 0 Å². The number of hydrogen-bond donors (Lipinski definition) is 2. The average molecular weight is 327 g/mol. The van der Waals surface area contributed by atoms with Crippen LogP contribution in [0.4, 0.5) is 11.8 Å². The van der Waals surface area contributed by atoms with E-state index in [1.165, 1.54) is 0 Å². The molecule has 0 amide bonds. The molecule has 3 rings (SSSR count).